The van der Waals surface area contributed by atoms with Gasteiger partial charge in [0.1, 0.15) is 5.82 Å². The quantitative estimate of drug-likeness (QED) is 0.683. The third kappa shape index (κ3) is 5.00. The molecule has 1 heterocycles. The van der Waals surface area contributed by atoms with Gasteiger partial charge in [-0.25, -0.2) is 14.4 Å². The van der Waals surface area contributed by atoms with Crippen molar-refractivity contribution in [2.75, 3.05) is 17.2 Å². The van der Waals surface area contributed by atoms with Gasteiger partial charge in [0.25, 0.3) is 5.91 Å². The van der Waals surface area contributed by atoms with Crippen molar-refractivity contribution in [2.45, 2.75) is 6.42 Å². The lowest BCUT2D eigenvalue weighted by Gasteiger charge is -2.07. The van der Waals surface area contributed by atoms with Crippen LogP contribution in [0.3, 0.4) is 0 Å². The molecule has 0 bridgehead atoms. The van der Waals surface area contributed by atoms with Gasteiger partial charge in [-0.2, -0.15) is 0 Å². The molecule has 0 aliphatic heterocycles. The van der Waals surface area contributed by atoms with Gasteiger partial charge in [0.15, 0.2) is 0 Å². The highest BCUT2D eigenvalue weighted by Crippen LogP contribution is 2.12. The minimum atomic E-state index is -0.417. The molecule has 3 rings (SSSR count). The molecule has 2 aromatic carbocycles. The van der Waals surface area contributed by atoms with Gasteiger partial charge in [-0.05, 0) is 42.3 Å². The van der Waals surface area contributed by atoms with E-state index in [0.717, 1.165) is 12.0 Å². The zero-order valence-electron chi connectivity index (χ0n) is 13.7. The number of rotatable bonds is 6. The first-order chi connectivity index (χ1) is 12.6. The highest BCUT2D eigenvalue weighted by Gasteiger charge is 2.08. The van der Waals surface area contributed by atoms with Crippen LogP contribution < -0.4 is 10.6 Å². The normalized spacial score (nSPS) is 10.4. The lowest BCUT2D eigenvalue weighted by atomic mass is 10.1. The Morgan fingerprint density at radius 3 is 2.50 bits per heavy atom. The van der Waals surface area contributed by atoms with Gasteiger partial charge in [0.05, 0.1) is 5.56 Å². The Balaban J connectivity index is 1.52. The van der Waals surface area contributed by atoms with Crippen molar-refractivity contribution in [3.05, 3.63) is 82.9 Å². The highest BCUT2D eigenvalue weighted by atomic mass is 35.5. The lowest BCUT2D eigenvalue weighted by molar-refractivity contribution is 0.102. The average Bonchev–Trinajstić information content (AvgIpc) is 2.64. The molecule has 1 amide bonds. The molecule has 0 radical (unpaired) electrons. The number of carbonyl (C=O) groups excluding carboxylic acids is 1. The number of halogens is 2. The Morgan fingerprint density at radius 1 is 1.08 bits per heavy atom. The molecule has 0 aliphatic rings. The number of benzene rings is 2. The van der Waals surface area contributed by atoms with E-state index in [4.69, 9.17) is 11.6 Å². The van der Waals surface area contributed by atoms with Gasteiger partial charge in [-0.15, -0.1) is 0 Å². The second kappa shape index (κ2) is 8.40. The monoisotopic (exact) mass is 370 g/mol. The second-order valence-electron chi connectivity index (χ2n) is 5.56. The molecule has 7 heteroatoms. The number of anilines is 2. The standard InChI is InChI=1S/C19H16ClFN4O/c20-15-6-4-13(5-7-15)8-9-22-19-23-11-14(12-24-19)18(26)25-17-3-1-2-16(21)10-17/h1-7,10-12H,8-9H2,(H,25,26)(H,22,23,24). The van der Waals surface area contributed by atoms with Crippen molar-refractivity contribution in [1.29, 1.82) is 0 Å². The van der Waals surface area contributed by atoms with Crippen LogP contribution in [0.1, 0.15) is 15.9 Å². The highest BCUT2D eigenvalue weighted by molar-refractivity contribution is 6.30. The molecule has 1 aromatic heterocycles. The molecule has 3 aromatic rings. The Kier molecular flexibility index (Phi) is 5.76. The van der Waals surface area contributed by atoms with Crippen LogP contribution in [0.5, 0.6) is 0 Å². The van der Waals surface area contributed by atoms with Crippen molar-refractivity contribution in [3.63, 3.8) is 0 Å². The Morgan fingerprint density at radius 2 is 1.81 bits per heavy atom. The van der Waals surface area contributed by atoms with E-state index in [-0.39, 0.29) is 5.56 Å². The molecule has 26 heavy (non-hydrogen) atoms. The van der Waals surface area contributed by atoms with Crippen LogP contribution in [-0.4, -0.2) is 22.4 Å². The largest absolute Gasteiger partial charge is 0.354 e. The van der Waals surface area contributed by atoms with Crippen LogP contribution in [0.4, 0.5) is 16.0 Å². The summed E-state index contributed by atoms with van der Waals surface area (Å²) in [5.41, 5.74) is 1.81. The van der Waals surface area contributed by atoms with E-state index in [9.17, 15) is 9.18 Å². The first-order valence-electron chi connectivity index (χ1n) is 7.97. The van der Waals surface area contributed by atoms with Crippen LogP contribution in [0.25, 0.3) is 0 Å². The molecule has 2 N–H and O–H groups in total. The molecular weight excluding hydrogens is 355 g/mol. The van der Waals surface area contributed by atoms with Crippen LogP contribution in [0, 0.1) is 5.82 Å². The van der Waals surface area contributed by atoms with E-state index in [1.54, 1.807) is 6.07 Å². The Labute approximate surface area is 155 Å². The first kappa shape index (κ1) is 17.8. The van der Waals surface area contributed by atoms with Gasteiger partial charge in [0, 0.05) is 29.6 Å². The summed E-state index contributed by atoms with van der Waals surface area (Å²) in [7, 11) is 0. The SMILES string of the molecule is O=C(Nc1cccc(F)c1)c1cnc(NCCc2ccc(Cl)cc2)nc1. The maximum absolute atomic E-state index is 13.1. The van der Waals surface area contributed by atoms with Gasteiger partial charge < -0.3 is 10.6 Å². The maximum atomic E-state index is 13.1. The smallest absolute Gasteiger partial charge is 0.258 e. The Hall–Kier alpha value is -2.99. The van der Waals surface area contributed by atoms with E-state index < -0.39 is 11.7 Å². The molecule has 0 fully saturated rings. The molecule has 0 saturated carbocycles. The molecule has 0 atom stereocenters. The molecule has 0 saturated heterocycles. The summed E-state index contributed by atoms with van der Waals surface area (Å²) in [6, 6.07) is 13.3. The molecule has 0 unspecified atom stereocenters. The van der Waals surface area contributed by atoms with Crippen molar-refractivity contribution in [1.82, 2.24) is 9.97 Å². The van der Waals surface area contributed by atoms with Gasteiger partial charge in [-0.3, -0.25) is 4.79 Å². The number of carbonyl (C=O) groups is 1. The van der Waals surface area contributed by atoms with Gasteiger partial charge in [-0.1, -0.05) is 29.8 Å². The zero-order valence-corrected chi connectivity index (χ0v) is 14.5. The van der Waals surface area contributed by atoms with Crippen LogP contribution in [-0.2, 0) is 6.42 Å². The number of amides is 1. The van der Waals surface area contributed by atoms with Gasteiger partial charge in [0.2, 0.25) is 5.95 Å². The minimum absolute atomic E-state index is 0.289. The third-order valence-electron chi connectivity index (χ3n) is 3.61. The zero-order chi connectivity index (χ0) is 18.4. The number of hydrogen-bond acceptors (Lipinski definition) is 4. The van der Waals surface area contributed by atoms with E-state index >= 15 is 0 Å². The average molecular weight is 371 g/mol. The summed E-state index contributed by atoms with van der Waals surface area (Å²) in [4.78, 5) is 20.4. The first-order valence-corrected chi connectivity index (χ1v) is 8.35. The number of nitrogens with one attached hydrogen (secondary N) is 2. The molecular formula is C19H16ClFN4O. The fourth-order valence-corrected chi connectivity index (χ4v) is 2.40. The summed E-state index contributed by atoms with van der Waals surface area (Å²) < 4.78 is 13.1. The second-order valence-corrected chi connectivity index (χ2v) is 6.00. The lowest BCUT2D eigenvalue weighted by Crippen LogP contribution is -2.14. The van der Waals surface area contributed by atoms with Crippen molar-refractivity contribution in [3.8, 4) is 0 Å². The van der Waals surface area contributed by atoms with E-state index in [0.29, 0.717) is 23.2 Å². The van der Waals surface area contributed by atoms with Crippen molar-refractivity contribution in [2.24, 2.45) is 0 Å². The predicted octanol–water partition coefficient (Wildman–Crippen LogP) is 4.18. The Bertz CT molecular complexity index is 885. The molecule has 0 aliphatic carbocycles. The van der Waals surface area contributed by atoms with Crippen molar-refractivity contribution >= 4 is 29.1 Å². The number of nitrogens with zero attached hydrogens (tertiary/aromatic N) is 2. The minimum Gasteiger partial charge on any atom is -0.354 e. The maximum Gasteiger partial charge on any atom is 0.258 e. The summed E-state index contributed by atoms with van der Waals surface area (Å²) in [5, 5.41) is 6.40. The van der Waals surface area contributed by atoms with E-state index in [1.807, 2.05) is 24.3 Å². The van der Waals surface area contributed by atoms with Crippen LogP contribution >= 0.6 is 11.6 Å². The fraction of sp³-hybridized carbons (Fsp3) is 0.105. The number of aromatic nitrogens is 2. The molecule has 132 valence electrons. The van der Waals surface area contributed by atoms with E-state index in [1.165, 1.54) is 30.6 Å². The summed E-state index contributed by atoms with van der Waals surface area (Å²) in [6.07, 6.45) is 3.64. The fourth-order valence-electron chi connectivity index (χ4n) is 2.28. The van der Waals surface area contributed by atoms with E-state index in [2.05, 4.69) is 20.6 Å². The van der Waals surface area contributed by atoms with Crippen LogP contribution in [0.2, 0.25) is 5.02 Å². The summed E-state index contributed by atoms with van der Waals surface area (Å²) in [5.74, 6) is -0.385. The number of hydrogen-bond donors (Lipinski definition) is 2. The molecule has 5 nitrogen and oxygen atoms in total. The predicted molar refractivity (Wildman–Crippen MR) is 100 cm³/mol. The summed E-state index contributed by atoms with van der Waals surface area (Å²) >= 11 is 5.85. The van der Waals surface area contributed by atoms with Gasteiger partial charge >= 0.3 is 0 Å². The topological polar surface area (TPSA) is 66.9 Å². The van der Waals surface area contributed by atoms with Crippen LogP contribution in [0.15, 0.2) is 60.9 Å². The van der Waals surface area contributed by atoms with Crippen molar-refractivity contribution < 1.29 is 9.18 Å². The third-order valence-corrected chi connectivity index (χ3v) is 3.86. The molecule has 0 spiro atoms. The summed E-state index contributed by atoms with van der Waals surface area (Å²) in [6.45, 7) is 0.649.